The molecule has 6 nitrogen and oxygen atoms in total. The average molecular weight is 312 g/mol. The van der Waals surface area contributed by atoms with Crippen molar-refractivity contribution in [1.82, 2.24) is 15.2 Å². The summed E-state index contributed by atoms with van der Waals surface area (Å²) >= 11 is 0. The second-order valence-corrected chi connectivity index (χ2v) is 6.06. The minimum absolute atomic E-state index is 0.125. The number of fused-ring (bicyclic) bond motifs is 1. The van der Waals surface area contributed by atoms with Crippen LogP contribution in [0.4, 0.5) is 0 Å². The summed E-state index contributed by atoms with van der Waals surface area (Å²) in [6.45, 7) is 3.73. The van der Waals surface area contributed by atoms with Gasteiger partial charge < -0.3 is 0 Å². The van der Waals surface area contributed by atoms with Crippen LogP contribution < -0.4 is 11.0 Å². The molecule has 0 radical (unpaired) electrons. The Kier molecular flexibility index (Phi) is 4.23. The molecule has 3 rings (SSSR count). The van der Waals surface area contributed by atoms with Crippen LogP contribution in [-0.2, 0) is 0 Å². The van der Waals surface area contributed by atoms with E-state index in [-0.39, 0.29) is 23.2 Å². The van der Waals surface area contributed by atoms with E-state index in [1.807, 2.05) is 13.8 Å². The zero-order valence-corrected chi connectivity index (χ0v) is 13.4. The highest BCUT2D eigenvalue weighted by Crippen LogP contribution is 2.16. The van der Waals surface area contributed by atoms with Crippen molar-refractivity contribution in [1.29, 1.82) is 0 Å². The highest BCUT2D eigenvalue weighted by atomic mass is 16.2. The molecular formula is C17H20N4O2. The summed E-state index contributed by atoms with van der Waals surface area (Å²) in [5.74, 6) is -0.380. The van der Waals surface area contributed by atoms with E-state index in [2.05, 4.69) is 15.6 Å². The van der Waals surface area contributed by atoms with Crippen LogP contribution in [0.1, 0.15) is 56.1 Å². The number of hydrogen-bond acceptors (Lipinski definition) is 4. The number of carbonyl (C=O) groups is 1. The molecule has 1 aromatic carbocycles. The van der Waals surface area contributed by atoms with Crippen molar-refractivity contribution in [3.8, 4) is 0 Å². The van der Waals surface area contributed by atoms with E-state index in [0.717, 1.165) is 31.4 Å². The lowest BCUT2D eigenvalue weighted by Gasteiger charge is -2.12. The van der Waals surface area contributed by atoms with Crippen molar-refractivity contribution in [2.24, 2.45) is 5.10 Å². The van der Waals surface area contributed by atoms with E-state index in [4.69, 9.17) is 0 Å². The third-order valence-electron chi connectivity index (χ3n) is 4.03. The summed E-state index contributed by atoms with van der Waals surface area (Å²) in [6, 6.07) is 6.92. The van der Waals surface area contributed by atoms with Gasteiger partial charge in [-0.3, -0.25) is 9.59 Å². The van der Waals surface area contributed by atoms with Gasteiger partial charge in [-0.15, -0.1) is 0 Å². The summed E-state index contributed by atoms with van der Waals surface area (Å²) in [6.07, 6.45) is 4.10. The predicted molar refractivity (Wildman–Crippen MR) is 89.8 cm³/mol. The fourth-order valence-electron chi connectivity index (χ4n) is 2.80. The fourth-order valence-corrected chi connectivity index (χ4v) is 2.80. The first-order valence-electron chi connectivity index (χ1n) is 7.95. The lowest BCUT2D eigenvalue weighted by atomic mass is 10.1. The van der Waals surface area contributed by atoms with E-state index in [9.17, 15) is 9.59 Å². The minimum atomic E-state index is -0.380. The second-order valence-electron chi connectivity index (χ2n) is 6.06. The number of aromatic nitrogens is 2. The molecule has 0 spiro atoms. The maximum absolute atomic E-state index is 12.5. The predicted octanol–water partition coefficient (Wildman–Crippen LogP) is 2.64. The lowest BCUT2D eigenvalue weighted by Crippen LogP contribution is -2.30. The smallest absolute Gasteiger partial charge is 0.267 e. The number of hydrogen-bond donors (Lipinski definition) is 1. The van der Waals surface area contributed by atoms with E-state index < -0.39 is 0 Å². The number of nitrogens with one attached hydrogen (secondary N) is 1. The van der Waals surface area contributed by atoms with Gasteiger partial charge in [0.25, 0.3) is 11.5 Å². The molecule has 1 saturated carbocycles. The molecule has 23 heavy (non-hydrogen) atoms. The van der Waals surface area contributed by atoms with Crippen LogP contribution in [0.25, 0.3) is 10.8 Å². The van der Waals surface area contributed by atoms with E-state index in [1.54, 1.807) is 24.3 Å². The van der Waals surface area contributed by atoms with E-state index in [1.165, 1.54) is 4.68 Å². The molecule has 1 aliphatic rings. The van der Waals surface area contributed by atoms with E-state index in [0.29, 0.717) is 10.8 Å². The topological polar surface area (TPSA) is 76.3 Å². The molecule has 0 saturated heterocycles. The minimum Gasteiger partial charge on any atom is -0.267 e. The molecular weight excluding hydrogens is 292 g/mol. The van der Waals surface area contributed by atoms with Gasteiger partial charge in [-0.1, -0.05) is 18.2 Å². The van der Waals surface area contributed by atoms with Gasteiger partial charge in [0.05, 0.1) is 11.4 Å². The Morgan fingerprint density at radius 3 is 2.52 bits per heavy atom. The molecule has 2 aromatic rings. The summed E-state index contributed by atoms with van der Waals surface area (Å²) in [5.41, 5.74) is 3.65. The Labute approximate surface area is 134 Å². The van der Waals surface area contributed by atoms with Crippen LogP contribution in [0.3, 0.4) is 0 Å². The van der Waals surface area contributed by atoms with Crippen LogP contribution in [0, 0.1) is 0 Å². The summed E-state index contributed by atoms with van der Waals surface area (Å²) in [5, 5.41) is 9.51. The highest BCUT2D eigenvalue weighted by Gasteiger charge is 2.18. The Balaban J connectivity index is 2.05. The fraction of sp³-hybridized carbons (Fsp3) is 0.412. The first-order valence-corrected chi connectivity index (χ1v) is 7.95. The molecule has 1 aliphatic carbocycles. The van der Waals surface area contributed by atoms with Gasteiger partial charge in [0.1, 0.15) is 0 Å². The Bertz CT molecular complexity index is 828. The maximum atomic E-state index is 12.5. The molecule has 1 fully saturated rings. The van der Waals surface area contributed by atoms with Crippen LogP contribution in [0.15, 0.2) is 34.2 Å². The van der Waals surface area contributed by atoms with Crippen molar-refractivity contribution in [3.05, 3.63) is 40.3 Å². The monoisotopic (exact) mass is 312 g/mol. The highest BCUT2D eigenvalue weighted by molar-refractivity contribution is 6.05. The first-order chi connectivity index (χ1) is 11.1. The molecule has 1 heterocycles. The number of benzene rings is 1. The van der Waals surface area contributed by atoms with Crippen LogP contribution in [-0.4, -0.2) is 21.4 Å². The molecule has 6 heteroatoms. The second kappa shape index (κ2) is 6.32. The standard InChI is InChI=1S/C17H20N4O2/c1-11(2)21-17(23)14-10-6-5-9-13(14)15(20-21)16(22)19-18-12-7-3-4-8-12/h5-6,9-11H,3-4,7-8H2,1-2H3,(H,19,22). The van der Waals surface area contributed by atoms with Crippen LogP contribution in [0.5, 0.6) is 0 Å². The number of nitrogens with zero attached hydrogens (tertiary/aromatic N) is 3. The van der Waals surface area contributed by atoms with Crippen molar-refractivity contribution < 1.29 is 4.79 Å². The molecule has 0 bridgehead atoms. The zero-order chi connectivity index (χ0) is 16.4. The summed E-state index contributed by atoms with van der Waals surface area (Å²) in [7, 11) is 0. The third-order valence-corrected chi connectivity index (χ3v) is 4.03. The Morgan fingerprint density at radius 2 is 1.87 bits per heavy atom. The van der Waals surface area contributed by atoms with Crippen molar-refractivity contribution >= 4 is 22.4 Å². The lowest BCUT2D eigenvalue weighted by molar-refractivity contribution is 0.0949. The van der Waals surface area contributed by atoms with Gasteiger partial charge in [0, 0.05) is 11.1 Å². The number of rotatable bonds is 3. The molecule has 1 aromatic heterocycles. The normalized spacial score (nSPS) is 14.5. The average Bonchev–Trinajstić information content (AvgIpc) is 3.06. The Morgan fingerprint density at radius 1 is 1.22 bits per heavy atom. The molecule has 1 N–H and O–H groups in total. The zero-order valence-electron chi connectivity index (χ0n) is 13.4. The van der Waals surface area contributed by atoms with Crippen molar-refractivity contribution in [3.63, 3.8) is 0 Å². The quantitative estimate of drug-likeness (QED) is 0.885. The van der Waals surface area contributed by atoms with Crippen LogP contribution >= 0.6 is 0 Å². The van der Waals surface area contributed by atoms with Crippen LogP contribution in [0.2, 0.25) is 0 Å². The van der Waals surface area contributed by atoms with Gasteiger partial charge in [0.15, 0.2) is 5.69 Å². The van der Waals surface area contributed by atoms with Crippen molar-refractivity contribution in [2.75, 3.05) is 0 Å². The number of carbonyl (C=O) groups excluding carboxylic acids is 1. The van der Waals surface area contributed by atoms with Gasteiger partial charge in [0.2, 0.25) is 0 Å². The van der Waals surface area contributed by atoms with Gasteiger partial charge in [-0.25, -0.2) is 10.1 Å². The molecule has 0 unspecified atom stereocenters. The maximum Gasteiger partial charge on any atom is 0.292 e. The van der Waals surface area contributed by atoms with Gasteiger partial charge in [-0.2, -0.15) is 10.2 Å². The van der Waals surface area contributed by atoms with E-state index >= 15 is 0 Å². The summed E-state index contributed by atoms with van der Waals surface area (Å²) in [4.78, 5) is 25.0. The number of amides is 1. The molecule has 0 aliphatic heterocycles. The SMILES string of the molecule is CC(C)n1nc(C(=O)NN=C2CCCC2)c2ccccc2c1=O. The summed E-state index contributed by atoms with van der Waals surface area (Å²) < 4.78 is 1.35. The van der Waals surface area contributed by atoms with Gasteiger partial charge in [-0.05, 0) is 45.6 Å². The first kappa shape index (κ1) is 15.4. The molecule has 120 valence electrons. The van der Waals surface area contributed by atoms with Crippen molar-refractivity contribution in [2.45, 2.75) is 45.6 Å². The molecule has 0 atom stereocenters. The molecule has 1 amide bonds. The van der Waals surface area contributed by atoms with Gasteiger partial charge >= 0.3 is 0 Å². The Hall–Kier alpha value is -2.50. The third kappa shape index (κ3) is 3.02. The largest absolute Gasteiger partial charge is 0.292 e. The number of hydrazone groups is 1.